The molecule has 0 radical (unpaired) electrons. The summed E-state index contributed by atoms with van der Waals surface area (Å²) >= 11 is 0. The molecule has 0 aliphatic carbocycles. The van der Waals surface area contributed by atoms with E-state index in [1.165, 1.54) is 6.92 Å². The Kier molecular flexibility index (Phi) is 6.09. The number of hydrogen-bond acceptors (Lipinski definition) is 5. The van der Waals surface area contributed by atoms with Gasteiger partial charge in [-0.05, 0) is 21.0 Å². The zero-order valence-electron chi connectivity index (χ0n) is 10.1. The Morgan fingerprint density at radius 1 is 1.41 bits per heavy atom. The van der Waals surface area contributed by atoms with Gasteiger partial charge in [-0.15, -0.1) is 0 Å². The van der Waals surface area contributed by atoms with Gasteiger partial charge in [0.2, 0.25) is 10.0 Å². The Morgan fingerprint density at radius 2 is 1.94 bits per heavy atom. The van der Waals surface area contributed by atoms with E-state index < -0.39 is 27.8 Å². The first-order valence-corrected chi connectivity index (χ1v) is 6.47. The molecular formula is C9H17N3O4S. The Bertz CT molecular complexity index is 399. The van der Waals surface area contributed by atoms with Gasteiger partial charge in [-0.3, -0.25) is 4.79 Å². The molecule has 98 valence electrons. The van der Waals surface area contributed by atoms with Crippen molar-refractivity contribution in [1.82, 2.24) is 9.21 Å². The predicted molar refractivity (Wildman–Crippen MR) is 61.8 cm³/mol. The molecule has 8 heteroatoms. The van der Waals surface area contributed by atoms with Crippen molar-refractivity contribution in [3.05, 3.63) is 0 Å². The third-order valence-corrected chi connectivity index (χ3v) is 4.13. The van der Waals surface area contributed by atoms with Crippen molar-refractivity contribution in [3.63, 3.8) is 0 Å². The fraction of sp³-hybridized carbons (Fsp3) is 0.778. The van der Waals surface area contributed by atoms with Crippen molar-refractivity contribution in [1.29, 1.82) is 5.26 Å². The second kappa shape index (κ2) is 6.54. The average molecular weight is 263 g/mol. The van der Waals surface area contributed by atoms with E-state index in [9.17, 15) is 13.2 Å². The maximum Gasteiger partial charge on any atom is 0.318 e. The van der Waals surface area contributed by atoms with Crippen LogP contribution in [-0.2, 0) is 14.8 Å². The molecule has 0 aromatic carbocycles. The van der Waals surface area contributed by atoms with Crippen molar-refractivity contribution in [2.75, 3.05) is 33.7 Å². The summed E-state index contributed by atoms with van der Waals surface area (Å²) < 4.78 is 24.5. The monoisotopic (exact) mass is 263 g/mol. The minimum absolute atomic E-state index is 0.0493. The third kappa shape index (κ3) is 5.12. The number of nitrogens with zero attached hydrogens (tertiary/aromatic N) is 3. The van der Waals surface area contributed by atoms with Crippen LogP contribution in [0.3, 0.4) is 0 Å². The second-order valence-electron chi connectivity index (χ2n) is 3.85. The lowest BCUT2D eigenvalue weighted by Crippen LogP contribution is -2.43. The highest BCUT2D eigenvalue weighted by Gasteiger charge is 2.30. The molecule has 0 aromatic rings. The Hall–Kier alpha value is -1.17. The van der Waals surface area contributed by atoms with Gasteiger partial charge in [-0.25, -0.2) is 8.42 Å². The highest BCUT2D eigenvalue weighted by molar-refractivity contribution is 7.90. The molecule has 1 unspecified atom stereocenters. The molecule has 1 atom stereocenters. The lowest BCUT2D eigenvalue weighted by molar-refractivity contribution is -0.137. The number of carbonyl (C=O) groups is 1. The zero-order valence-corrected chi connectivity index (χ0v) is 10.9. The van der Waals surface area contributed by atoms with Crippen molar-refractivity contribution in [2.24, 2.45) is 0 Å². The standard InChI is InChI=1S/C9H17N3O4S/c1-8(6-10)17(15,16)12(7-9(13)14)5-4-11(2)3/h8H,4-5,7H2,1-3H3,(H,13,14). The molecule has 0 heterocycles. The zero-order chi connectivity index (χ0) is 13.6. The molecule has 0 spiro atoms. The second-order valence-corrected chi connectivity index (χ2v) is 6.10. The molecule has 0 aliphatic rings. The molecule has 0 saturated carbocycles. The minimum atomic E-state index is -3.88. The first kappa shape index (κ1) is 15.8. The number of aliphatic carboxylic acids is 1. The number of carboxylic acids is 1. The molecule has 0 rings (SSSR count). The smallest absolute Gasteiger partial charge is 0.318 e. The van der Waals surface area contributed by atoms with Crippen LogP contribution in [0, 0.1) is 11.3 Å². The number of likely N-dealkylation sites (N-methyl/N-ethyl adjacent to an activating group) is 1. The van der Waals surface area contributed by atoms with E-state index in [-0.39, 0.29) is 6.54 Å². The summed E-state index contributed by atoms with van der Waals surface area (Å²) in [5.74, 6) is -1.24. The van der Waals surface area contributed by atoms with Gasteiger partial charge >= 0.3 is 5.97 Å². The third-order valence-electron chi connectivity index (χ3n) is 2.10. The Labute approximate surface area is 101 Å². The normalized spacial score (nSPS) is 13.6. The van der Waals surface area contributed by atoms with Gasteiger partial charge in [-0.1, -0.05) is 0 Å². The summed E-state index contributed by atoms with van der Waals surface area (Å²) in [7, 11) is -0.379. The summed E-state index contributed by atoms with van der Waals surface area (Å²) in [6.45, 7) is 1.06. The average Bonchev–Trinajstić information content (AvgIpc) is 2.21. The van der Waals surface area contributed by atoms with Crippen LogP contribution in [0.25, 0.3) is 0 Å². The van der Waals surface area contributed by atoms with Crippen LogP contribution in [0.15, 0.2) is 0 Å². The summed E-state index contributed by atoms with van der Waals surface area (Å²) in [6, 6.07) is 1.61. The molecule has 0 aromatic heterocycles. The minimum Gasteiger partial charge on any atom is -0.480 e. The van der Waals surface area contributed by atoms with E-state index in [1.807, 2.05) is 0 Å². The van der Waals surface area contributed by atoms with Crippen molar-refractivity contribution >= 4 is 16.0 Å². The predicted octanol–water partition coefficient (Wildman–Crippen LogP) is -0.824. The number of rotatable bonds is 7. The largest absolute Gasteiger partial charge is 0.480 e. The molecule has 0 bridgehead atoms. The maximum atomic E-state index is 11.8. The van der Waals surface area contributed by atoms with Crippen LogP contribution in [0.4, 0.5) is 0 Å². The van der Waals surface area contributed by atoms with E-state index in [2.05, 4.69) is 0 Å². The van der Waals surface area contributed by atoms with Crippen LogP contribution >= 0.6 is 0 Å². The van der Waals surface area contributed by atoms with Crippen molar-refractivity contribution in [2.45, 2.75) is 12.2 Å². The van der Waals surface area contributed by atoms with Crippen molar-refractivity contribution < 1.29 is 18.3 Å². The van der Waals surface area contributed by atoms with E-state index in [4.69, 9.17) is 10.4 Å². The highest BCUT2D eigenvalue weighted by atomic mass is 32.2. The molecule has 1 N–H and O–H groups in total. The number of carboxylic acid groups (broad SMARTS) is 1. The quantitative estimate of drug-likeness (QED) is 0.643. The molecule has 0 aliphatic heterocycles. The summed E-state index contributed by atoms with van der Waals surface area (Å²) in [4.78, 5) is 12.3. The lowest BCUT2D eigenvalue weighted by atomic mass is 10.5. The van der Waals surface area contributed by atoms with E-state index >= 15 is 0 Å². The van der Waals surface area contributed by atoms with Crippen molar-refractivity contribution in [3.8, 4) is 6.07 Å². The van der Waals surface area contributed by atoms with E-state index in [0.717, 1.165) is 4.31 Å². The first-order chi connectivity index (χ1) is 7.71. The van der Waals surface area contributed by atoms with Gasteiger partial charge in [0, 0.05) is 13.1 Å². The number of hydrogen-bond donors (Lipinski definition) is 1. The topological polar surface area (TPSA) is 102 Å². The molecular weight excluding hydrogens is 246 g/mol. The molecule has 17 heavy (non-hydrogen) atoms. The van der Waals surface area contributed by atoms with Gasteiger partial charge in [0.05, 0.1) is 6.07 Å². The summed E-state index contributed by atoms with van der Waals surface area (Å²) in [6.07, 6.45) is 0. The molecule has 0 saturated heterocycles. The van der Waals surface area contributed by atoms with Crippen LogP contribution in [0.1, 0.15) is 6.92 Å². The molecule has 7 nitrogen and oxygen atoms in total. The van der Waals surface area contributed by atoms with Gasteiger partial charge in [0.15, 0.2) is 5.25 Å². The van der Waals surface area contributed by atoms with Crippen LogP contribution in [0.2, 0.25) is 0 Å². The van der Waals surface area contributed by atoms with Gasteiger partial charge in [-0.2, -0.15) is 9.57 Å². The SMILES string of the molecule is CC(C#N)S(=O)(=O)N(CCN(C)C)CC(=O)O. The first-order valence-electron chi connectivity index (χ1n) is 4.97. The maximum absolute atomic E-state index is 11.8. The molecule has 0 fully saturated rings. The van der Waals surface area contributed by atoms with Crippen LogP contribution in [-0.4, -0.2) is 67.7 Å². The van der Waals surface area contributed by atoms with E-state index in [1.54, 1.807) is 25.1 Å². The Balaban J connectivity index is 4.92. The fourth-order valence-corrected chi connectivity index (χ4v) is 2.26. The molecule has 0 amide bonds. The van der Waals surface area contributed by atoms with Gasteiger partial charge < -0.3 is 10.0 Å². The van der Waals surface area contributed by atoms with Gasteiger partial charge in [0.25, 0.3) is 0 Å². The van der Waals surface area contributed by atoms with Gasteiger partial charge in [0.1, 0.15) is 6.54 Å². The fourth-order valence-electron chi connectivity index (χ4n) is 1.05. The van der Waals surface area contributed by atoms with E-state index in [0.29, 0.717) is 6.54 Å². The van der Waals surface area contributed by atoms with Crippen LogP contribution < -0.4 is 0 Å². The Morgan fingerprint density at radius 3 is 2.29 bits per heavy atom. The summed E-state index contributed by atoms with van der Waals surface area (Å²) in [5.41, 5.74) is 0. The highest BCUT2D eigenvalue weighted by Crippen LogP contribution is 2.08. The van der Waals surface area contributed by atoms with Crippen LogP contribution in [0.5, 0.6) is 0 Å². The summed E-state index contributed by atoms with van der Waals surface area (Å²) in [5, 5.41) is 16.0. The number of nitriles is 1. The number of sulfonamides is 1. The lowest BCUT2D eigenvalue weighted by Gasteiger charge is -2.23.